The average molecular weight is 330 g/mol. The fourth-order valence-electron chi connectivity index (χ4n) is 4.14. The summed E-state index contributed by atoms with van der Waals surface area (Å²) < 4.78 is 0. The van der Waals surface area contributed by atoms with Gasteiger partial charge in [0.2, 0.25) is 0 Å². The Labute approximate surface area is 141 Å². The van der Waals surface area contributed by atoms with E-state index in [1.807, 2.05) is 12.1 Å². The number of hydrogen-bond donors (Lipinski definition) is 2. The van der Waals surface area contributed by atoms with Crippen LogP contribution in [0, 0.1) is 16.0 Å². The van der Waals surface area contributed by atoms with Gasteiger partial charge in [-0.2, -0.15) is 5.10 Å². The summed E-state index contributed by atoms with van der Waals surface area (Å²) in [4.78, 5) is 14.9. The predicted octanol–water partition coefficient (Wildman–Crippen LogP) is 1.27. The Kier molecular flexibility index (Phi) is 4.10. The number of hydrazone groups is 1. The highest BCUT2D eigenvalue weighted by atomic mass is 16.6. The normalized spacial score (nSPS) is 27.7. The van der Waals surface area contributed by atoms with Gasteiger partial charge in [-0.3, -0.25) is 15.5 Å². The summed E-state index contributed by atoms with van der Waals surface area (Å²) >= 11 is 0. The molecule has 2 N–H and O–H groups in total. The Morgan fingerprint density at radius 2 is 2.00 bits per heavy atom. The number of rotatable bonds is 4. The minimum Gasteiger partial charge on any atom is -0.371 e. The number of nitro groups is 1. The summed E-state index contributed by atoms with van der Waals surface area (Å²) in [5, 5.41) is 15.9. The Morgan fingerprint density at radius 1 is 1.25 bits per heavy atom. The van der Waals surface area contributed by atoms with E-state index in [1.165, 1.54) is 44.5 Å². The summed E-state index contributed by atoms with van der Waals surface area (Å²) in [5.41, 5.74) is 5.83. The van der Waals surface area contributed by atoms with E-state index in [0.717, 1.165) is 25.3 Å². The van der Waals surface area contributed by atoms with Crippen LogP contribution in [0.15, 0.2) is 23.3 Å². The first-order valence-corrected chi connectivity index (χ1v) is 8.90. The molecule has 7 heteroatoms. The lowest BCUT2D eigenvalue weighted by molar-refractivity contribution is -0.902. The third kappa shape index (κ3) is 2.96. The van der Waals surface area contributed by atoms with Crippen molar-refractivity contribution in [3.63, 3.8) is 0 Å². The van der Waals surface area contributed by atoms with Crippen LogP contribution in [-0.4, -0.2) is 43.4 Å². The van der Waals surface area contributed by atoms with Gasteiger partial charge in [0, 0.05) is 43.6 Å². The molecular weight excluding hydrogens is 306 g/mol. The molecule has 0 spiro atoms. The molecular formula is C17H24N5O2+. The number of nitro benzene ring substituents is 1. The molecule has 128 valence electrons. The fourth-order valence-corrected chi connectivity index (χ4v) is 4.14. The van der Waals surface area contributed by atoms with Crippen LogP contribution in [-0.2, 0) is 0 Å². The molecule has 4 heterocycles. The number of anilines is 2. The number of hydrogen-bond acceptors (Lipinski definition) is 5. The molecule has 4 aliphatic rings. The summed E-state index contributed by atoms with van der Waals surface area (Å²) in [6.45, 7) is 5.47. The highest BCUT2D eigenvalue weighted by Crippen LogP contribution is 2.31. The molecule has 0 aliphatic carbocycles. The minimum absolute atomic E-state index is 0.0934. The van der Waals surface area contributed by atoms with E-state index in [4.69, 9.17) is 0 Å². The van der Waals surface area contributed by atoms with Crippen molar-refractivity contribution in [2.75, 3.05) is 43.0 Å². The van der Waals surface area contributed by atoms with Crippen LogP contribution in [0.3, 0.4) is 0 Å². The van der Waals surface area contributed by atoms with Gasteiger partial charge in [0.25, 0.3) is 5.69 Å². The Morgan fingerprint density at radius 3 is 2.62 bits per heavy atom. The zero-order chi connectivity index (χ0) is 16.5. The van der Waals surface area contributed by atoms with Crippen LogP contribution < -0.4 is 15.2 Å². The average Bonchev–Trinajstić information content (AvgIpc) is 3.15. The molecule has 5 rings (SSSR count). The maximum absolute atomic E-state index is 11.3. The van der Waals surface area contributed by atoms with E-state index in [-0.39, 0.29) is 10.6 Å². The Bertz CT molecular complexity index is 661. The second-order valence-electron chi connectivity index (χ2n) is 7.07. The molecule has 1 aromatic carbocycles. The third-order valence-electron chi connectivity index (χ3n) is 5.56. The monoisotopic (exact) mass is 330 g/mol. The van der Waals surface area contributed by atoms with E-state index >= 15 is 0 Å². The van der Waals surface area contributed by atoms with E-state index in [2.05, 4.69) is 15.4 Å². The fraction of sp³-hybridized carbons (Fsp3) is 0.588. The first-order chi connectivity index (χ1) is 11.7. The van der Waals surface area contributed by atoms with Crippen LogP contribution in [0.2, 0.25) is 0 Å². The summed E-state index contributed by atoms with van der Waals surface area (Å²) in [6, 6.07) is 5.32. The topological polar surface area (TPSA) is 75.2 Å². The molecule has 0 atom stereocenters. The van der Waals surface area contributed by atoms with Gasteiger partial charge in [-0.1, -0.05) is 0 Å². The van der Waals surface area contributed by atoms with Crippen LogP contribution in [0.25, 0.3) is 0 Å². The number of nitrogens with one attached hydrogen (secondary N) is 2. The molecule has 0 saturated carbocycles. The van der Waals surface area contributed by atoms with Crippen LogP contribution in [0.5, 0.6) is 0 Å². The van der Waals surface area contributed by atoms with E-state index in [1.54, 1.807) is 11.0 Å². The Hall–Kier alpha value is -2.15. The predicted molar refractivity (Wildman–Crippen MR) is 93.9 cm³/mol. The van der Waals surface area contributed by atoms with Gasteiger partial charge in [0.05, 0.1) is 23.7 Å². The van der Waals surface area contributed by atoms with Crippen molar-refractivity contribution in [3.05, 3.63) is 28.3 Å². The summed E-state index contributed by atoms with van der Waals surface area (Å²) in [7, 11) is 0. The smallest absolute Gasteiger partial charge is 0.294 e. The molecule has 4 aliphatic heterocycles. The second-order valence-corrected chi connectivity index (χ2v) is 7.07. The van der Waals surface area contributed by atoms with Crippen LogP contribution in [0.1, 0.15) is 25.7 Å². The molecule has 4 fully saturated rings. The van der Waals surface area contributed by atoms with Crippen molar-refractivity contribution < 1.29 is 9.82 Å². The first-order valence-electron chi connectivity index (χ1n) is 8.90. The van der Waals surface area contributed by atoms with Crippen LogP contribution in [0.4, 0.5) is 17.1 Å². The zero-order valence-electron chi connectivity index (χ0n) is 13.8. The molecule has 1 aromatic rings. The summed E-state index contributed by atoms with van der Waals surface area (Å²) in [5.74, 6) is 0.552. The zero-order valence-corrected chi connectivity index (χ0v) is 13.8. The molecule has 7 nitrogen and oxygen atoms in total. The van der Waals surface area contributed by atoms with Gasteiger partial charge >= 0.3 is 0 Å². The first kappa shape index (κ1) is 15.4. The quantitative estimate of drug-likeness (QED) is 0.644. The molecule has 0 amide bonds. The van der Waals surface area contributed by atoms with Gasteiger partial charge in [0.15, 0.2) is 0 Å². The molecule has 4 saturated heterocycles. The van der Waals surface area contributed by atoms with Crippen LogP contribution >= 0.6 is 0 Å². The van der Waals surface area contributed by atoms with Gasteiger partial charge < -0.3 is 9.80 Å². The maximum atomic E-state index is 11.3. The summed E-state index contributed by atoms with van der Waals surface area (Å²) in [6.07, 6.45) is 4.74. The lowest BCUT2D eigenvalue weighted by atomic mass is 9.87. The lowest BCUT2D eigenvalue weighted by Gasteiger charge is -2.36. The van der Waals surface area contributed by atoms with Gasteiger partial charge in [-0.05, 0) is 25.0 Å². The number of nitrogens with zero attached hydrogens (tertiary/aromatic N) is 3. The number of benzene rings is 1. The van der Waals surface area contributed by atoms with E-state index < -0.39 is 0 Å². The standard InChI is InChI=1S/C17H23N5O2/c23-22(24)17-4-3-14(21-7-1-2-8-21)11-15(17)18-19-16-12-20-9-5-13(16)6-10-20/h3-4,11,13,18H,1-2,5-10,12H2/p+1/b19-16-. The van der Waals surface area contributed by atoms with Crippen molar-refractivity contribution in [1.29, 1.82) is 0 Å². The molecule has 0 unspecified atom stereocenters. The number of fused-ring (bicyclic) bond motifs is 3. The number of quaternary nitrogens is 1. The third-order valence-corrected chi connectivity index (χ3v) is 5.56. The van der Waals surface area contributed by atoms with Crippen molar-refractivity contribution in [3.8, 4) is 0 Å². The molecule has 24 heavy (non-hydrogen) atoms. The van der Waals surface area contributed by atoms with Crippen molar-refractivity contribution in [2.45, 2.75) is 25.7 Å². The highest BCUT2D eigenvalue weighted by Gasteiger charge is 2.34. The van der Waals surface area contributed by atoms with Gasteiger partial charge in [-0.15, -0.1) is 0 Å². The maximum Gasteiger partial charge on any atom is 0.294 e. The highest BCUT2D eigenvalue weighted by molar-refractivity contribution is 5.89. The van der Waals surface area contributed by atoms with Crippen molar-refractivity contribution in [2.24, 2.45) is 11.0 Å². The second kappa shape index (κ2) is 6.39. The minimum atomic E-state index is -0.335. The van der Waals surface area contributed by atoms with E-state index in [9.17, 15) is 10.1 Å². The van der Waals surface area contributed by atoms with Crippen molar-refractivity contribution in [1.82, 2.24) is 0 Å². The van der Waals surface area contributed by atoms with Gasteiger partial charge in [0.1, 0.15) is 12.2 Å². The Balaban J connectivity index is 1.58. The molecule has 0 aromatic heterocycles. The SMILES string of the molecule is O=[N+]([O-])c1ccc(N2CCCC2)cc1N/N=C1/C[NH+]2CCC1CC2. The number of piperidine rings is 3. The molecule has 0 radical (unpaired) electrons. The largest absolute Gasteiger partial charge is 0.371 e. The molecule has 2 bridgehead atoms. The van der Waals surface area contributed by atoms with E-state index in [0.29, 0.717) is 11.6 Å². The lowest BCUT2D eigenvalue weighted by Crippen LogP contribution is -3.16. The van der Waals surface area contributed by atoms with Gasteiger partial charge in [-0.25, -0.2) is 0 Å². The van der Waals surface area contributed by atoms with Crippen molar-refractivity contribution >= 4 is 22.8 Å².